The molecule has 1 aromatic rings. The molecular weight excluding hydrogens is 232 g/mol. The van der Waals surface area contributed by atoms with Gasteiger partial charge < -0.3 is 14.3 Å². The molecule has 1 atom stereocenters. The van der Waals surface area contributed by atoms with Crippen LogP contribution in [0, 0.1) is 0 Å². The third-order valence-corrected chi connectivity index (χ3v) is 3.25. The highest BCUT2D eigenvalue weighted by Crippen LogP contribution is 2.35. The molecule has 0 fully saturated rings. The normalized spacial score (nSPS) is 17.7. The lowest BCUT2D eigenvalue weighted by molar-refractivity contribution is -0.142. The number of methoxy groups -OCH3 is 1. The Hall–Kier alpha value is -1.84. The average Bonchev–Trinajstić information content (AvgIpc) is 2.43. The van der Waals surface area contributed by atoms with Gasteiger partial charge in [0.2, 0.25) is 0 Å². The van der Waals surface area contributed by atoms with Gasteiger partial charge in [-0.15, -0.1) is 0 Å². The van der Waals surface area contributed by atoms with E-state index in [-0.39, 0.29) is 12.5 Å². The zero-order valence-corrected chi connectivity index (χ0v) is 10.3. The number of hydrogen-bond acceptors (Lipinski definition) is 4. The smallest absolute Gasteiger partial charge is 0.343 e. The van der Waals surface area contributed by atoms with Crippen molar-refractivity contribution in [3.05, 3.63) is 29.3 Å². The minimum Gasteiger partial charge on any atom is -0.482 e. The quantitative estimate of drug-likeness (QED) is 0.603. The Morgan fingerprint density at radius 2 is 2.33 bits per heavy atom. The second-order valence-electron chi connectivity index (χ2n) is 4.32. The van der Waals surface area contributed by atoms with Gasteiger partial charge in [-0.3, -0.25) is 0 Å². The Labute approximate surface area is 106 Å². The van der Waals surface area contributed by atoms with Gasteiger partial charge in [-0.25, -0.2) is 4.79 Å². The van der Waals surface area contributed by atoms with E-state index in [1.165, 1.54) is 7.11 Å². The topological polar surface area (TPSA) is 52.6 Å². The number of carbonyl (C=O) groups is 2. The van der Waals surface area contributed by atoms with Crippen LogP contribution in [0.15, 0.2) is 18.2 Å². The van der Waals surface area contributed by atoms with Crippen molar-refractivity contribution < 1.29 is 19.1 Å². The van der Waals surface area contributed by atoms with E-state index in [1.54, 1.807) is 0 Å². The SMILES string of the molecule is COC(=O)COc1cccc2c1CCCC2C=O. The number of ether oxygens (including phenoxy) is 2. The summed E-state index contributed by atoms with van der Waals surface area (Å²) in [5.41, 5.74) is 2.07. The molecule has 96 valence electrons. The number of rotatable bonds is 4. The van der Waals surface area contributed by atoms with E-state index in [1.807, 2.05) is 18.2 Å². The standard InChI is InChI=1S/C14H16O4/c1-17-14(16)9-18-13-7-3-5-11-10(8-15)4-2-6-12(11)13/h3,5,7-8,10H,2,4,6,9H2,1H3. The second-order valence-corrected chi connectivity index (χ2v) is 4.32. The molecule has 4 nitrogen and oxygen atoms in total. The molecule has 0 saturated heterocycles. The van der Waals surface area contributed by atoms with Gasteiger partial charge in [-0.2, -0.15) is 0 Å². The average molecular weight is 248 g/mol. The largest absolute Gasteiger partial charge is 0.482 e. The highest BCUT2D eigenvalue weighted by atomic mass is 16.6. The fourth-order valence-corrected chi connectivity index (χ4v) is 2.32. The molecule has 0 spiro atoms. The Kier molecular flexibility index (Phi) is 3.97. The first-order valence-corrected chi connectivity index (χ1v) is 6.03. The lowest BCUT2D eigenvalue weighted by atomic mass is 9.83. The first kappa shape index (κ1) is 12.6. The molecule has 0 heterocycles. The summed E-state index contributed by atoms with van der Waals surface area (Å²) >= 11 is 0. The minimum absolute atomic E-state index is 0.0459. The van der Waals surface area contributed by atoms with E-state index in [0.29, 0.717) is 5.75 Å². The summed E-state index contributed by atoms with van der Waals surface area (Å²) in [7, 11) is 1.33. The molecule has 0 N–H and O–H groups in total. The van der Waals surface area contributed by atoms with Crippen LogP contribution in [0.25, 0.3) is 0 Å². The van der Waals surface area contributed by atoms with E-state index in [2.05, 4.69) is 4.74 Å². The van der Waals surface area contributed by atoms with Crippen molar-refractivity contribution in [1.29, 1.82) is 0 Å². The van der Waals surface area contributed by atoms with Crippen LogP contribution in [0.3, 0.4) is 0 Å². The number of aldehydes is 1. The van der Waals surface area contributed by atoms with Crippen molar-refractivity contribution in [2.24, 2.45) is 0 Å². The molecular formula is C14H16O4. The zero-order valence-electron chi connectivity index (χ0n) is 10.3. The van der Waals surface area contributed by atoms with E-state index < -0.39 is 5.97 Å². The zero-order chi connectivity index (χ0) is 13.0. The molecule has 0 radical (unpaired) electrons. The van der Waals surface area contributed by atoms with Crippen molar-refractivity contribution in [2.75, 3.05) is 13.7 Å². The van der Waals surface area contributed by atoms with Gasteiger partial charge in [0, 0.05) is 5.92 Å². The predicted molar refractivity (Wildman–Crippen MR) is 65.7 cm³/mol. The fourth-order valence-electron chi connectivity index (χ4n) is 2.32. The molecule has 1 unspecified atom stereocenters. The van der Waals surface area contributed by atoms with Crippen LogP contribution in [-0.4, -0.2) is 26.0 Å². The second kappa shape index (κ2) is 5.67. The summed E-state index contributed by atoms with van der Waals surface area (Å²) in [6, 6.07) is 5.64. The lowest BCUT2D eigenvalue weighted by Crippen LogP contribution is -2.16. The minimum atomic E-state index is -0.407. The van der Waals surface area contributed by atoms with Gasteiger partial charge in [0.25, 0.3) is 0 Å². The summed E-state index contributed by atoms with van der Waals surface area (Å²) in [5, 5.41) is 0. The summed E-state index contributed by atoms with van der Waals surface area (Å²) in [4.78, 5) is 22.1. The highest BCUT2D eigenvalue weighted by Gasteiger charge is 2.22. The van der Waals surface area contributed by atoms with Crippen LogP contribution in [0.5, 0.6) is 5.75 Å². The molecule has 18 heavy (non-hydrogen) atoms. The van der Waals surface area contributed by atoms with Crippen molar-refractivity contribution in [3.8, 4) is 5.75 Å². The lowest BCUT2D eigenvalue weighted by Gasteiger charge is -2.23. The summed E-state index contributed by atoms with van der Waals surface area (Å²) in [5.74, 6) is 0.232. The number of hydrogen-bond donors (Lipinski definition) is 0. The number of carbonyl (C=O) groups excluding carboxylic acids is 2. The maximum absolute atomic E-state index is 11.1. The monoisotopic (exact) mass is 248 g/mol. The molecule has 0 saturated carbocycles. The van der Waals surface area contributed by atoms with Crippen molar-refractivity contribution in [3.63, 3.8) is 0 Å². The van der Waals surface area contributed by atoms with E-state index in [0.717, 1.165) is 36.7 Å². The predicted octanol–water partition coefficient (Wildman–Crippen LogP) is 1.86. The number of fused-ring (bicyclic) bond motifs is 1. The van der Waals surface area contributed by atoms with Gasteiger partial charge in [-0.1, -0.05) is 12.1 Å². The van der Waals surface area contributed by atoms with Crippen LogP contribution in [-0.2, 0) is 20.7 Å². The molecule has 4 heteroatoms. The number of esters is 1. The Morgan fingerprint density at radius 1 is 1.50 bits per heavy atom. The maximum Gasteiger partial charge on any atom is 0.343 e. The molecule has 0 aliphatic heterocycles. The van der Waals surface area contributed by atoms with E-state index >= 15 is 0 Å². The Bertz CT molecular complexity index is 453. The molecule has 0 amide bonds. The van der Waals surface area contributed by atoms with Crippen LogP contribution in [0.2, 0.25) is 0 Å². The van der Waals surface area contributed by atoms with Gasteiger partial charge in [0.1, 0.15) is 12.0 Å². The van der Waals surface area contributed by atoms with E-state index in [4.69, 9.17) is 4.74 Å². The molecule has 1 aliphatic rings. The van der Waals surface area contributed by atoms with Crippen LogP contribution in [0.1, 0.15) is 29.9 Å². The van der Waals surface area contributed by atoms with Crippen LogP contribution in [0.4, 0.5) is 0 Å². The molecule has 1 aromatic carbocycles. The van der Waals surface area contributed by atoms with E-state index in [9.17, 15) is 9.59 Å². The first-order valence-electron chi connectivity index (χ1n) is 6.03. The van der Waals surface area contributed by atoms with Crippen LogP contribution < -0.4 is 4.74 Å². The van der Waals surface area contributed by atoms with Crippen molar-refractivity contribution >= 4 is 12.3 Å². The molecule has 0 bridgehead atoms. The summed E-state index contributed by atoms with van der Waals surface area (Å²) < 4.78 is 10.00. The number of benzene rings is 1. The van der Waals surface area contributed by atoms with Gasteiger partial charge in [-0.05, 0) is 36.5 Å². The fraction of sp³-hybridized carbons (Fsp3) is 0.429. The van der Waals surface area contributed by atoms with Gasteiger partial charge in [0.15, 0.2) is 6.61 Å². The van der Waals surface area contributed by atoms with Crippen LogP contribution >= 0.6 is 0 Å². The van der Waals surface area contributed by atoms with Crippen molar-refractivity contribution in [1.82, 2.24) is 0 Å². The van der Waals surface area contributed by atoms with Gasteiger partial charge >= 0.3 is 5.97 Å². The summed E-state index contributed by atoms with van der Waals surface area (Å²) in [6.07, 6.45) is 3.73. The summed E-state index contributed by atoms with van der Waals surface area (Å²) in [6.45, 7) is -0.0985. The highest BCUT2D eigenvalue weighted by molar-refractivity contribution is 5.71. The maximum atomic E-state index is 11.1. The van der Waals surface area contributed by atoms with Gasteiger partial charge in [0.05, 0.1) is 7.11 Å². The first-order chi connectivity index (χ1) is 8.76. The van der Waals surface area contributed by atoms with Crippen molar-refractivity contribution in [2.45, 2.75) is 25.2 Å². The molecule has 1 aliphatic carbocycles. The Morgan fingerprint density at radius 3 is 3.06 bits per heavy atom. The Balaban J connectivity index is 2.21. The molecule has 2 rings (SSSR count). The third kappa shape index (κ3) is 2.53. The molecule has 0 aromatic heterocycles. The third-order valence-electron chi connectivity index (χ3n) is 3.25.